The molecule has 0 unspecified atom stereocenters. The molecule has 6 heteroatoms. The van der Waals surface area contributed by atoms with Crippen LogP contribution < -0.4 is 11.1 Å². The molecule has 0 radical (unpaired) electrons. The monoisotopic (exact) mass is 282 g/mol. The van der Waals surface area contributed by atoms with Crippen LogP contribution in [0.25, 0.3) is 0 Å². The Morgan fingerprint density at radius 1 is 1.11 bits per heavy atom. The molecular weight excluding hydrogens is 274 g/mol. The Morgan fingerprint density at radius 2 is 1.84 bits per heavy atom. The number of nitrogens with two attached hydrogens (primary N) is 1. The van der Waals surface area contributed by atoms with Crippen LogP contribution in [0.5, 0.6) is 0 Å². The SMILES string of the molecule is Nc1ccc(F)cc1C(=O)Nc1cc(F)cc(Cl)c1. The second-order valence-electron chi connectivity index (χ2n) is 3.84. The summed E-state index contributed by atoms with van der Waals surface area (Å²) in [5, 5.41) is 2.54. The molecule has 2 aromatic rings. The average molecular weight is 283 g/mol. The summed E-state index contributed by atoms with van der Waals surface area (Å²) in [6, 6.07) is 7.00. The van der Waals surface area contributed by atoms with Crippen LogP contribution in [0.4, 0.5) is 20.2 Å². The van der Waals surface area contributed by atoms with E-state index in [0.29, 0.717) is 0 Å². The van der Waals surface area contributed by atoms with E-state index < -0.39 is 17.5 Å². The molecule has 3 N–H and O–H groups in total. The minimum atomic E-state index is -0.640. The van der Waals surface area contributed by atoms with Crippen molar-refractivity contribution in [2.75, 3.05) is 11.1 Å². The van der Waals surface area contributed by atoms with Gasteiger partial charge in [0.25, 0.3) is 5.91 Å². The van der Waals surface area contributed by atoms with E-state index in [1.54, 1.807) is 0 Å². The van der Waals surface area contributed by atoms with Gasteiger partial charge in [-0.05, 0) is 36.4 Å². The van der Waals surface area contributed by atoms with E-state index in [1.165, 1.54) is 12.1 Å². The van der Waals surface area contributed by atoms with Crippen molar-refractivity contribution in [1.82, 2.24) is 0 Å². The zero-order valence-corrected chi connectivity index (χ0v) is 10.3. The minimum Gasteiger partial charge on any atom is -0.398 e. The van der Waals surface area contributed by atoms with Crippen LogP contribution in [0.1, 0.15) is 10.4 Å². The number of hydrogen-bond donors (Lipinski definition) is 2. The van der Waals surface area contributed by atoms with Gasteiger partial charge >= 0.3 is 0 Å². The van der Waals surface area contributed by atoms with Gasteiger partial charge in [-0.2, -0.15) is 0 Å². The summed E-state index contributed by atoms with van der Waals surface area (Å²) in [4.78, 5) is 11.9. The molecule has 0 heterocycles. The van der Waals surface area contributed by atoms with Gasteiger partial charge < -0.3 is 11.1 Å². The third-order valence-corrected chi connectivity index (χ3v) is 2.60. The molecule has 0 atom stereocenters. The van der Waals surface area contributed by atoms with Gasteiger partial charge in [-0.25, -0.2) is 8.78 Å². The maximum Gasteiger partial charge on any atom is 0.257 e. The summed E-state index contributed by atoms with van der Waals surface area (Å²) in [7, 11) is 0. The maximum absolute atomic E-state index is 13.1. The molecule has 0 saturated carbocycles. The molecule has 0 aliphatic carbocycles. The lowest BCUT2D eigenvalue weighted by Crippen LogP contribution is -2.14. The molecular formula is C13H9ClF2N2O. The zero-order valence-electron chi connectivity index (χ0n) is 9.58. The van der Waals surface area contributed by atoms with E-state index in [9.17, 15) is 13.6 Å². The molecule has 0 fully saturated rings. The number of anilines is 2. The number of amides is 1. The van der Waals surface area contributed by atoms with E-state index in [4.69, 9.17) is 17.3 Å². The highest BCUT2D eigenvalue weighted by Gasteiger charge is 2.12. The fraction of sp³-hybridized carbons (Fsp3) is 0. The van der Waals surface area contributed by atoms with Crippen molar-refractivity contribution in [2.45, 2.75) is 0 Å². The van der Waals surface area contributed by atoms with Gasteiger partial charge in [0, 0.05) is 16.4 Å². The van der Waals surface area contributed by atoms with Crippen molar-refractivity contribution in [3.63, 3.8) is 0 Å². The van der Waals surface area contributed by atoms with Gasteiger partial charge in [0.05, 0.1) is 5.56 Å². The van der Waals surface area contributed by atoms with Gasteiger partial charge in [-0.3, -0.25) is 4.79 Å². The summed E-state index contributed by atoms with van der Waals surface area (Å²) in [6.45, 7) is 0. The predicted octanol–water partition coefficient (Wildman–Crippen LogP) is 3.45. The number of nitrogens with one attached hydrogen (secondary N) is 1. The minimum absolute atomic E-state index is 0.0274. The van der Waals surface area contributed by atoms with E-state index in [2.05, 4.69) is 5.32 Å². The molecule has 0 aromatic heterocycles. The molecule has 2 rings (SSSR count). The topological polar surface area (TPSA) is 55.1 Å². The summed E-state index contributed by atoms with van der Waals surface area (Å²) in [5.74, 6) is -1.81. The number of carbonyl (C=O) groups excluding carboxylic acids is 1. The van der Waals surface area contributed by atoms with Crippen molar-refractivity contribution in [3.05, 3.63) is 58.6 Å². The number of halogens is 3. The number of rotatable bonds is 2. The van der Waals surface area contributed by atoms with Crippen molar-refractivity contribution >= 4 is 28.9 Å². The third kappa shape index (κ3) is 3.20. The number of nitrogen functional groups attached to an aromatic ring is 1. The van der Waals surface area contributed by atoms with Gasteiger partial charge in [0.15, 0.2) is 0 Å². The van der Waals surface area contributed by atoms with E-state index in [1.807, 2.05) is 0 Å². The molecule has 98 valence electrons. The second-order valence-corrected chi connectivity index (χ2v) is 4.28. The highest BCUT2D eigenvalue weighted by Crippen LogP contribution is 2.20. The molecule has 1 amide bonds. The Labute approximate surface area is 113 Å². The van der Waals surface area contributed by atoms with Crippen LogP contribution >= 0.6 is 11.6 Å². The summed E-state index contributed by atoms with van der Waals surface area (Å²) in [6.07, 6.45) is 0. The molecule has 0 bridgehead atoms. The molecule has 19 heavy (non-hydrogen) atoms. The number of carbonyl (C=O) groups is 1. The quantitative estimate of drug-likeness (QED) is 0.829. The Kier molecular flexibility index (Phi) is 3.66. The number of hydrogen-bond acceptors (Lipinski definition) is 2. The highest BCUT2D eigenvalue weighted by atomic mass is 35.5. The lowest BCUT2D eigenvalue weighted by molar-refractivity contribution is 0.102. The smallest absolute Gasteiger partial charge is 0.257 e. The highest BCUT2D eigenvalue weighted by molar-refractivity contribution is 6.31. The normalized spacial score (nSPS) is 10.3. The molecule has 2 aromatic carbocycles. The van der Waals surface area contributed by atoms with Crippen LogP contribution in [-0.2, 0) is 0 Å². The van der Waals surface area contributed by atoms with Gasteiger partial charge in [-0.1, -0.05) is 11.6 Å². The summed E-state index contributed by atoms with van der Waals surface area (Å²) >= 11 is 5.66. The van der Waals surface area contributed by atoms with E-state index in [0.717, 1.165) is 24.3 Å². The summed E-state index contributed by atoms with van der Waals surface area (Å²) < 4.78 is 26.2. The molecule has 3 nitrogen and oxygen atoms in total. The van der Waals surface area contributed by atoms with Crippen LogP contribution in [-0.4, -0.2) is 5.91 Å². The fourth-order valence-electron chi connectivity index (χ4n) is 1.55. The van der Waals surface area contributed by atoms with Crippen molar-refractivity contribution in [1.29, 1.82) is 0 Å². The Balaban J connectivity index is 2.28. The van der Waals surface area contributed by atoms with Crippen LogP contribution in [0.3, 0.4) is 0 Å². The Morgan fingerprint density at radius 3 is 2.53 bits per heavy atom. The maximum atomic E-state index is 13.1. The van der Waals surface area contributed by atoms with Crippen molar-refractivity contribution in [3.8, 4) is 0 Å². The first-order valence-electron chi connectivity index (χ1n) is 5.28. The van der Waals surface area contributed by atoms with Crippen molar-refractivity contribution < 1.29 is 13.6 Å². The zero-order chi connectivity index (χ0) is 14.0. The second kappa shape index (κ2) is 5.24. The van der Waals surface area contributed by atoms with Gasteiger partial charge in [-0.15, -0.1) is 0 Å². The molecule has 0 aliphatic rings. The first-order valence-corrected chi connectivity index (χ1v) is 5.66. The molecule has 0 spiro atoms. The van der Waals surface area contributed by atoms with Gasteiger partial charge in [0.2, 0.25) is 0 Å². The lowest BCUT2D eigenvalue weighted by atomic mass is 10.1. The molecule has 0 aliphatic heterocycles. The molecule has 0 saturated heterocycles. The Hall–Kier alpha value is -2.14. The van der Waals surface area contributed by atoms with E-state index in [-0.39, 0.29) is 22.0 Å². The largest absolute Gasteiger partial charge is 0.398 e. The average Bonchev–Trinajstić information content (AvgIpc) is 2.30. The Bertz CT molecular complexity index is 626. The van der Waals surface area contributed by atoms with Crippen molar-refractivity contribution in [2.24, 2.45) is 0 Å². The third-order valence-electron chi connectivity index (χ3n) is 2.38. The predicted molar refractivity (Wildman–Crippen MR) is 70.2 cm³/mol. The standard InChI is InChI=1S/C13H9ClF2N2O/c14-7-3-9(16)5-10(4-7)18-13(19)11-6-8(15)1-2-12(11)17/h1-6H,17H2,(H,18,19). The van der Waals surface area contributed by atoms with Crippen LogP contribution in [0.15, 0.2) is 36.4 Å². The number of benzene rings is 2. The summed E-state index contributed by atoms with van der Waals surface area (Å²) in [5.41, 5.74) is 5.84. The first-order chi connectivity index (χ1) is 8.95. The first kappa shape index (κ1) is 13.3. The van der Waals surface area contributed by atoms with Crippen LogP contribution in [0.2, 0.25) is 5.02 Å². The lowest BCUT2D eigenvalue weighted by Gasteiger charge is -2.08. The van der Waals surface area contributed by atoms with Crippen LogP contribution in [0, 0.1) is 11.6 Å². The fourth-order valence-corrected chi connectivity index (χ4v) is 1.77. The van der Waals surface area contributed by atoms with Gasteiger partial charge in [0.1, 0.15) is 11.6 Å². The van der Waals surface area contributed by atoms with E-state index >= 15 is 0 Å².